The molecule has 2 aromatic carbocycles. The van der Waals surface area contributed by atoms with Gasteiger partial charge in [-0.1, -0.05) is 80.9 Å². The minimum absolute atomic E-state index is 0.0484. The van der Waals surface area contributed by atoms with Crippen LogP contribution < -0.4 is 21.7 Å². The molecule has 0 aliphatic heterocycles. The maximum Gasteiger partial charge on any atom is 0.408 e. The molecule has 0 aliphatic carbocycles. The van der Waals surface area contributed by atoms with Crippen LogP contribution in [0.2, 0.25) is 0 Å². The molecule has 5 N–H and O–H groups in total. The molecule has 0 heterocycles. The van der Waals surface area contributed by atoms with Gasteiger partial charge in [-0.05, 0) is 36.3 Å². The lowest BCUT2D eigenvalue weighted by Gasteiger charge is -2.25. The van der Waals surface area contributed by atoms with Gasteiger partial charge in [0.25, 0.3) is 0 Å². The van der Waals surface area contributed by atoms with Crippen LogP contribution in [0, 0.1) is 5.92 Å². The van der Waals surface area contributed by atoms with Gasteiger partial charge in [0.2, 0.25) is 11.8 Å². The van der Waals surface area contributed by atoms with E-state index in [2.05, 4.69) is 16.0 Å². The molecule has 0 radical (unpaired) electrons. The van der Waals surface area contributed by atoms with Gasteiger partial charge in [-0.15, -0.1) is 0 Å². The zero-order chi connectivity index (χ0) is 27.8. The molecular weight excluding hydrogens is 488 g/mol. The molecule has 0 spiro atoms. The fraction of sp³-hybridized carbons (Fsp3) is 0.429. The van der Waals surface area contributed by atoms with E-state index in [1.807, 2.05) is 74.5 Å². The summed E-state index contributed by atoms with van der Waals surface area (Å²) in [6, 6.07) is 16.7. The number of benzene rings is 2. The van der Waals surface area contributed by atoms with Crippen molar-refractivity contribution in [3.63, 3.8) is 0 Å². The molecule has 0 fully saturated rings. The Morgan fingerprint density at radius 3 is 1.89 bits per heavy atom. The Morgan fingerprint density at radius 1 is 0.816 bits per heavy atom. The number of hydrogen-bond donors (Lipinski definition) is 4. The maximum atomic E-state index is 13.0. The van der Waals surface area contributed by atoms with E-state index in [-0.39, 0.29) is 25.6 Å². The fourth-order valence-corrected chi connectivity index (χ4v) is 3.60. The van der Waals surface area contributed by atoms with E-state index in [1.54, 1.807) is 0 Å². The summed E-state index contributed by atoms with van der Waals surface area (Å²) in [5, 5.41) is 7.92. The molecule has 3 atom stereocenters. The zero-order valence-electron chi connectivity index (χ0n) is 22.0. The number of ether oxygens (including phenoxy) is 2. The predicted octanol–water partition coefficient (Wildman–Crippen LogP) is 3.39. The van der Waals surface area contributed by atoms with Gasteiger partial charge in [-0.3, -0.25) is 9.59 Å². The minimum atomic E-state index is -0.950. The normalized spacial score (nSPS) is 12.9. The number of alkyl carbamates (subject to hydrolysis) is 2. The summed E-state index contributed by atoms with van der Waals surface area (Å²) in [5.74, 6) is -1.34. The van der Waals surface area contributed by atoms with Gasteiger partial charge in [0, 0.05) is 6.54 Å². The first-order valence-corrected chi connectivity index (χ1v) is 12.8. The Kier molecular flexibility index (Phi) is 13.2. The molecular formula is C28H38N4O6. The van der Waals surface area contributed by atoms with Crippen LogP contribution in [0.1, 0.15) is 50.7 Å². The van der Waals surface area contributed by atoms with Crippen LogP contribution in [0.4, 0.5) is 9.59 Å². The molecule has 38 heavy (non-hydrogen) atoms. The molecule has 4 amide bonds. The van der Waals surface area contributed by atoms with Crippen molar-refractivity contribution in [2.45, 2.75) is 64.8 Å². The average molecular weight is 527 g/mol. The van der Waals surface area contributed by atoms with Crippen molar-refractivity contribution in [3.05, 3.63) is 71.8 Å². The number of nitrogens with one attached hydrogen (secondary N) is 3. The summed E-state index contributed by atoms with van der Waals surface area (Å²) in [5.41, 5.74) is 7.17. The third-order valence-corrected chi connectivity index (χ3v) is 6.04. The van der Waals surface area contributed by atoms with E-state index in [0.717, 1.165) is 11.1 Å². The van der Waals surface area contributed by atoms with Crippen LogP contribution in [-0.4, -0.2) is 42.6 Å². The standard InChI is InChI=1S/C28H38N4O6/c1-3-20(2)24(25(29)33)32-26(34)23(31-28(36)38-19-22-14-8-5-9-15-22)16-10-11-17-30-27(35)37-18-21-12-6-4-7-13-21/h4-9,12-15,20,23-24H,3,10-11,16-19H2,1-2H3,(H2,29,33)(H,30,35)(H,31,36)(H,32,34)/t20?,23?,24-/m0/s1. The molecule has 206 valence electrons. The minimum Gasteiger partial charge on any atom is -0.445 e. The van der Waals surface area contributed by atoms with E-state index in [1.165, 1.54) is 0 Å². The molecule has 2 rings (SSSR count). The largest absolute Gasteiger partial charge is 0.445 e. The van der Waals surface area contributed by atoms with Crippen molar-refractivity contribution in [2.75, 3.05) is 6.54 Å². The number of primary amides is 1. The van der Waals surface area contributed by atoms with Crippen molar-refractivity contribution in [2.24, 2.45) is 11.7 Å². The molecule has 0 bridgehead atoms. The van der Waals surface area contributed by atoms with Crippen molar-refractivity contribution in [3.8, 4) is 0 Å². The zero-order valence-corrected chi connectivity index (χ0v) is 22.0. The van der Waals surface area contributed by atoms with Crippen LogP contribution >= 0.6 is 0 Å². The van der Waals surface area contributed by atoms with E-state index < -0.39 is 36.1 Å². The van der Waals surface area contributed by atoms with E-state index in [9.17, 15) is 19.2 Å². The first-order chi connectivity index (χ1) is 18.3. The lowest BCUT2D eigenvalue weighted by atomic mass is 9.98. The topological polar surface area (TPSA) is 149 Å². The highest BCUT2D eigenvalue weighted by molar-refractivity contribution is 5.90. The van der Waals surface area contributed by atoms with Crippen molar-refractivity contribution in [1.29, 1.82) is 0 Å². The average Bonchev–Trinajstić information content (AvgIpc) is 2.93. The van der Waals surface area contributed by atoms with Gasteiger partial charge >= 0.3 is 12.2 Å². The van der Waals surface area contributed by atoms with Crippen molar-refractivity contribution in [1.82, 2.24) is 16.0 Å². The van der Waals surface area contributed by atoms with Crippen LogP contribution in [0.3, 0.4) is 0 Å². The quantitative estimate of drug-likeness (QED) is 0.261. The molecule has 10 heteroatoms. The Hall–Kier alpha value is -4.08. The highest BCUT2D eigenvalue weighted by atomic mass is 16.6. The molecule has 10 nitrogen and oxygen atoms in total. The number of rotatable bonds is 15. The number of amides is 4. The summed E-state index contributed by atoms with van der Waals surface area (Å²) >= 11 is 0. The maximum absolute atomic E-state index is 13.0. The Balaban J connectivity index is 1.85. The number of carbonyl (C=O) groups excluding carboxylic acids is 4. The molecule has 0 saturated heterocycles. The van der Waals surface area contributed by atoms with Gasteiger partial charge < -0.3 is 31.2 Å². The van der Waals surface area contributed by atoms with Crippen LogP contribution in [-0.2, 0) is 32.3 Å². The highest BCUT2D eigenvalue weighted by Crippen LogP contribution is 2.10. The van der Waals surface area contributed by atoms with Crippen molar-refractivity contribution >= 4 is 24.0 Å². The molecule has 2 aromatic rings. The van der Waals surface area contributed by atoms with Gasteiger partial charge in [-0.25, -0.2) is 9.59 Å². The number of hydrogen-bond acceptors (Lipinski definition) is 6. The van der Waals surface area contributed by atoms with Gasteiger partial charge in [0.05, 0.1) is 0 Å². The second kappa shape index (κ2) is 16.6. The summed E-state index contributed by atoms with van der Waals surface area (Å²) in [6.07, 6.45) is 0.645. The van der Waals surface area contributed by atoms with Gasteiger partial charge in [-0.2, -0.15) is 0 Å². The molecule has 0 aliphatic rings. The van der Waals surface area contributed by atoms with E-state index in [4.69, 9.17) is 15.2 Å². The smallest absolute Gasteiger partial charge is 0.408 e. The summed E-state index contributed by atoms with van der Waals surface area (Å²) in [6.45, 7) is 4.25. The number of carbonyl (C=O) groups is 4. The van der Waals surface area contributed by atoms with Crippen LogP contribution in [0.5, 0.6) is 0 Å². The number of unbranched alkanes of at least 4 members (excludes halogenated alkanes) is 1. The lowest BCUT2D eigenvalue weighted by Crippen LogP contribution is -2.55. The molecule has 0 aromatic heterocycles. The molecule has 2 unspecified atom stereocenters. The summed E-state index contributed by atoms with van der Waals surface area (Å²) in [4.78, 5) is 49.2. The highest BCUT2D eigenvalue weighted by Gasteiger charge is 2.28. The third kappa shape index (κ3) is 11.3. The second-order valence-electron chi connectivity index (χ2n) is 9.02. The molecule has 0 saturated carbocycles. The lowest BCUT2D eigenvalue weighted by molar-refractivity contribution is -0.129. The Labute approximate surface area is 223 Å². The van der Waals surface area contributed by atoms with Gasteiger partial charge in [0.15, 0.2) is 0 Å². The first kappa shape index (κ1) is 30.1. The van der Waals surface area contributed by atoms with E-state index >= 15 is 0 Å². The third-order valence-electron chi connectivity index (χ3n) is 6.04. The van der Waals surface area contributed by atoms with Gasteiger partial charge in [0.1, 0.15) is 25.3 Å². The van der Waals surface area contributed by atoms with E-state index in [0.29, 0.717) is 25.8 Å². The van der Waals surface area contributed by atoms with Crippen LogP contribution in [0.15, 0.2) is 60.7 Å². The summed E-state index contributed by atoms with van der Waals surface area (Å²) in [7, 11) is 0. The van der Waals surface area contributed by atoms with Crippen molar-refractivity contribution < 1.29 is 28.7 Å². The second-order valence-corrected chi connectivity index (χ2v) is 9.02. The monoisotopic (exact) mass is 526 g/mol. The number of nitrogens with two attached hydrogens (primary N) is 1. The fourth-order valence-electron chi connectivity index (χ4n) is 3.60. The summed E-state index contributed by atoms with van der Waals surface area (Å²) < 4.78 is 10.4. The Morgan fingerprint density at radius 2 is 1.37 bits per heavy atom. The Bertz CT molecular complexity index is 1020. The first-order valence-electron chi connectivity index (χ1n) is 12.8. The SMILES string of the molecule is CCC(C)[C@H](NC(=O)C(CCCCNC(=O)OCc1ccccc1)NC(=O)OCc1ccccc1)C(N)=O. The van der Waals surface area contributed by atoms with Crippen LogP contribution in [0.25, 0.3) is 0 Å². The predicted molar refractivity (Wildman–Crippen MR) is 143 cm³/mol.